The lowest BCUT2D eigenvalue weighted by Crippen LogP contribution is -2.45. The second kappa shape index (κ2) is 13.9. The van der Waals surface area contributed by atoms with Gasteiger partial charge in [0.1, 0.15) is 17.4 Å². The van der Waals surface area contributed by atoms with Crippen molar-refractivity contribution in [3.63, 3.8) is 0 Å². The molecule has 8 nitrogen and oxygen atoms in total. The normalized spacial score (nSPS) is 21.6. The van der Waals surface area contributed by atoms with E-state index in [4.69, 9.17) is 4.99 Å². The van der Waals surface area contributed by atoms with Gasteiger partial charge in [-0.05, 0) is 56.4 Å². The minimum Gasteiger partial charge on any atom is -0.507 e. The maximum absolute atomic E-state index is 11.3. The number of likely N-dealkylation sites (tertiary alicyclic amines) is 1. The van der Waals surface area contributed by atoms with Gasteiger partial charge < -0.3 is 26.0 Å². The Morgan fingerprint density at radius 3 is 2.81 bits per heavy atom. The molecule has 2 atom stereocenters. The number of rotatable bonds is 11. The number of allylic oxidation sites excluding steroid dienone is 1. The van der Waals surface area contributed by atoms with Crippen molar-refractivity contribution in [2.45, 2.75) is 52.0 Å². The standard InChI is InChI=1S/C29H44N6O2/c1-6-11-23(15-16-31-21(3)36)35-17-10-12-22(20-35)19-32-28-18-26(24-13-8-9-14-27(24)37)33-29(34(28)5)25(7-2)30-4/h7-9,13-14,18,22-23,30,33,37H,2,6,10-12,15-17,19-20H2,1,3-5H3,(H,31,36)/b29-25+,32-28?. The summed E-state index contributed by atoms with van der Waals surface area (Å²) in [5.74, 6) is 2.41. The topological polar surface area (TPSA) is 92.2 Å². The van der Waals surface area contributed by atoms with E-state index < -0.39 is 0 Å². The smallest absolute Gasteiger partial charge is 0.216 e. The molecule has 2 aliphatic rings. The monoisotopic (exact) mass is 508 g/mol. The van der Waals surface area contributed by atoms with Gasteiger partial charge in [0.05, 0.1) is 11.4 Å². The molecule has 4 N–H and O–H groups in total. The Balaban J connectivity index is 1.80. The number of carbonyl (C=O) groups is 1. The molecule has 1 saturated heterocycles. The van der Waals surface area contributed by atoms with Gasteiger partial charge in [-0.1, -0.05) is 32.1 Å². The first-order chi connectivity index (χ1) is 17.9. The van der Waals surface area contributed by atoms with Crippen molar-refractivity contribution in [1.82, 2.24) is 25.8 Å². The molecular weight excluding hydrogens is 464 g/mol. The molecule has 0 spiro atoms. The number of hydrogen-bond acceptors (Lipinski definition) is 6. The summed E-state index contributed by atoms with van der Waals surface area (Å²) in [6.07, 6.45) is 9.37. The van der Waals surface area contributed by atoms with E-state index in [1.165, 1.54) is 0 Å². The third-order valence-electron chi connectivity index (χ3n) is 7.18. The summed E-state index contributed by atoms with van der Waals surface area (Å²) in [6.45, 7) is 11.4. The van der Waals surface area contributed by atoms with Crippen LogP contribution in [0.3, 0.4) is 0 Å². The molecule has 8 heteroatoms. The molecule has 0 aromatic heterocycles. The maximum Gasteiger partial charge on any atom is 0.216 e. The van der Waals surface area contributed by atoms with Crippen LogP contribution in [0.15, 0.2) is 59.5 Å². The van der Waals surface area contributed by atoms with Crippen LogP contribution in [0.2, 0.25) is 0 Å². The number of para-hydroxylation sites is 1. The zero-order chi connectivity index (χ0) is 26.8. The van der Waals surface area contributed by atoms with E-state index in [1.807, 2.05) is 43.3 Å². The number of amidine groups is 1. The van der Waals surface area contributed by atoms with Gasteiger partial charge in [0, 0.05) is 58.3 Å². The first-order valence-corrected chi connectivity index (χ1v) is 13.5. The number of hydrogen-bond donors (Lipinski definition) is 4. The van der Waals surface area contributed by atoms with E-state index in [0.29, 0.717) is 12.0 Å². The molecule has 1 aromatic carbocycles. The second-order valence-electron chi connectivity index (χ2n) is 9.89. The van der Waals surface area contributed by atoms with E-state index in [9.17, 15) is 9.90 Å². The summed E-state index contributed by atoms with van der Waals surface area (Å²) >= 11 is 0. The van der Waals surface area contributed by atoms with Crippen LogP contribution < -0.4 is 16.0 Å². The first kappa shape index (κ1) is 28.3. The quantitative estimate of drug-likeness (QED) is 0.365. The van der Waals surface area contributed by atoms with Crippen LogP contribution in [-0.2, 0) is 4.79 Å². The molecule has 1 amide bonds. The second-order valence-corrected chi connectivity index (χ2v) is 9.89. The van der Waals surface area contributed by atoms with Gasteiger partial charge in [-0.3, -0.25) is 14.7 Å². The number of phenols is 1. The molecule has 2 unspecified atom stereocenters. The van der Waals surface area contributed by atoms with E-state index >= 15 is 0 Å². The minimum atomic E-state index is 0.0382. The Kier molecular flexibility index (Phi) is 10.6. The van der Waals surface area contributed by atoms with Crippen LogP contribution in [0.1, 0.15) is 51.5 Å². The summed E-state index contributed by atoms with van der Waals surface area (Å²) in [6, 6.07) is 7.81. The first-order valence-electron chi connectivity index (χ1n) is 13.5. The zero-order valence-electron chi connectivity index (χ0n) is 22.9. The highest BCUT2D eigenvalue weighted by Gasteiger charge is 2.27. The zero-order valence-corrected chi connectivity index (χ0v) is 22.9. The third-order valence-corrected chi connectivity index (χ3v) is 7.18. The van der Waals surface area contributed by atoms with Gasteiger partial charge in [0.2, 0.25) is 5.91 Å². The largest absolute Gasteiger partial charge is 0.507 e. The van der Waals surface area contributed by atoms with Crippen LogP contribution in [0.25, 0.3) is 5.70 Å². The van der Waals surface area contributed by atoms with Gasteiger partial charge in [0.15, 0.2) is 0 Å². The Labute approximate surface area is 222 Å². The fourth-order valence-electron chi connectivity index (χ4n) is 5.21. The van der Waals surface area contributed by atoms with Crippen molar-refractivity contribution >= 4 is 17.4 Å². The number of phenolic OH excluding ortho intramolecular Hbond substituents is 1. The lowest BCUT2D eigenvalue weighted by molar-refractivity contribution is -0.119. The number of piperidine rings is 1. The number of carbonyl (C=O) groups excluding carboxylic acids is 1. The van der Waals surface area contributed by atoms with Crippen molar-refractivity contribution in [3.05, 3.63) is 60.1 Å². The van der Waals surface area contributed by atoms with E-state index in [-0.39, 0.29) is 11.7 Å². The molecule has 1 aromatic rings. The number of benzene rings is 1. The van der Waals surface area contributed by atoms with Gasteiger partial charge in [0.25, 0.3) is 0 Å². The molecule has 0 saturated carbocycles. The summed E-state index contributed by atoms with van der Waals surface area (Å²) in [7, 11) is 3.86. The van der Waals surface area contributed by atoms with Crippen molar-refractivity contribution in [3.8, 4) is 5.75 Å². The number of nitrogens with zero attached hydrogens (tertiary/aromatic N) is 3. The highest BCUT2D eigenvalue weighted by Crippen LogP contribution is 2.28. The van der Waals surface area contributed by atoms with E-state index in [1.54, 1.807) is 19.1 Å². The Hall–Kier alpha value is -3.26. The Morgan fingerprint density at radius 2 is 2.14 bits per heavy atom. The SMILES string of the molecule is C=C/C(NC)=C1/NC(c2ccccc2O)=CC(=NCC2CCCN(C(CCC)CCNC(C)=O)C2)N1C. The molecular formula is C29H44N6O2. The van der Waals surface area contributed by atoms with Crippen molar-refractivity contribution in [2.24, 2.45) is 10.9 Å². The molecule has 1 fully saturated rings. The molecule has 202 valence electrons. The summed E-state index contributed by atoms with van der Waals surface area (Å²) < 4.78 is 0. The number of nitrogens with one attached hydrogen (secondary N) is 3. The molecule has 0 aliphatic carbocycles. The average Bonchev–Trinajstić information content (AvgIpc) is 2.89. The molecule has 3 rings (SSSR count). The predicted octanol–water partition coefficient (Wildman–Crippen LogP) is 3.65. The van der Waals surface area contributed by atoms with E-state index in [0.717, 1.165) is 86.9 Å². The summed E-state index contributed by atoms with van der Waals surface area (Å²) in [4.78, 5) is 21.1. The van der Waals surface area contributed by atoms with Crippen LogP contribution >= 0.6 is 0 Å². The Bertz CT molecular complexity index is 1030. The van der Waals surface area contributed by atoms with Gasteiger partial charge in [-0.25, -0.2) is 0 Å². The van der Waals surface area contributed by atoms with Gasteiger partial charge in [-0.15, -0.1) is 0 Å². The van der Waals surface area contributed by atoms with Crippen molar-refractivity contribution in [1.29, 1.82) is 0 Å². The van der Waals surface area contributed by atoms with Crippen LogP contribution in [0, 0.1) is 5.92 Å². The predicted molar refractivity (Wildman–Crippen MR) is 152 cm³/mol. The third kappa shape index (κ3) is 7.61. The highest BCUT2D eigenvalue weighted by molar-refractivity contribution is 6.02. The Morgan fingerprint density at radius 1 is 1.35 bits per heavy atom. The molecule has 2 aliphatic heterocycles. The average molecular weight is 509 g/mol. The van der Waals surface area contributed by atoms with Crippen LogP contribution in [0.5, 0.6) is 5.75 Å². The maximum atomic E-state index is 11.3. The minimum absolute atomic E-state index is 0.0382. The van der Waals surface area contributed by atoms with E-state index in [2.05, 4.69) is 34.4 Å². The molecule has 37 heavy (non-hydrogen) atoms. The number of aromatic hydroxyl groups is 1. The fourth-order valence-corrected chi connectivity index (χ4v) is 5.21. The van der Waals surface area contributed by atoms with Crippen molar-refractivity contribution in [2.75, 3.05) is 40.3 Å². The molecule has 0 radical (unpaired) electrons. The van der Waals surface area contributed by atoms with Crippen molar-refractivity contribution < 1.29 is 9.90 Å². The summed E-state index contributed by atoms with van der Waals surface area (Å²) in [5, 5.41) is 20.1. The molecule has 0 bridgehead atoms. The van der Waals surface area contributed by atoms with Crippen LogP contribution in [-0.4, -0.2) is 73.0 Å². The lowest BCUT2D eigenvalue weighted by Gasteiger charge is -2.38. The highest BCUT2D eigenvalue weighted by atomic mass is 16.3. The van der Waals surface area contributed by atoms with Crippen LogP contribution in [0.4, 0.5) is 0 Å². The number of aliphatic imine (C=N–C) groups is 1. The number of amides is 1. The van der Waals surface area contributed by atoms with Gasteiger partial charge in [-0.2, -0.15) is 0 Å². The summed E-state index contributed by atoms with van der Waals surface area (Å²) in [5.41, 5.74) is 2.37. The number of likely N-dealkylation sites (N-methyl/N-ethyl adjacent to an activating group) is 2. The molecule has 2 heterocycles. The van der Waals surface area contributed by atoms with Gasteiger partial charge >= 0.3 is 0 Å². The lowest BCUT2D eigenvalue weighted by atomic mass is 9.94. The fraction of sp³-hybridized carbons (Fsp3) is 0.517.